The van der Waals surface area contributed by atoms with Gasteiger partial charge in [-0.15, -0.1) is 0 Å². The molecule has 542 valence electrons. The summed E-state index contributed by atoms with van der Waals surface area (Å²) in [4.78, 5) is 10.2. The van der Waals surface area contributed by atoms with Crippen molar-refractivity contribution in [3.05, 3.63) is 215 Å². The highest BCUT2D eigenvalue weighted by molar-refractivity contribution is 8.13. The molecule has 8 aromatic rings. The van der Waals surface area contributed by atoms with Gasteiger partial charge in [-0.25, -0.2) is 34.7 Å². The maximum atomic E-state index is 13.9. The molecule has 9 atom stereocenters. The Labute approximate surface area is 590 Å². The number of ether oxygens (including phenoxy) is 6. The summed E-state index contributed by atoms with van der Waals surface area (Å²) in [5, 5.41) is 36.1. The van der Waals surface area contributed by atoms with Crippen molar-refractivity contribution in [1.29, 1.82) is 0 Å². The minimum atomic E-state index is -4.62. The van der Waals surface area contributed by atoms with Gasteiger partial charge in [0, 0.05) is 27.7 Å². The molecule has 0 radical (unpaired) electrons. The van der Waals surface area contributed by atoms with E-state index in [1.165, 1.54) is 67.0 Å². The third kappa shape index (κ3) is 17.7. The van der Waals surface area contributed by atoms with Crippen molar-refractivity contribution in [3.8, 4) is 34.5 Å². The van der Waals surface area contributed by atoms with E-state index in [1.54, 1.807) is 59.5 Å². The molecule has 3 fully saturated rings. The van der Waals surface area contributed by atoms with E-state index in [9.17, 15) is 58.5 Å². The average Bonchev–Trinajstić information content (AvgIpc) is 0.771. The lowest BCUT2D eigenvalue weighted by Gasteiger charge is -2.44. The van der Waals surface area contributed by atoms with Crippen LogP contribution in [0.15, 0.2) is 191 Å². The van der Waals surface area contributed by atoms with Crippen LogP contribution in [0.25, 0.3) is 10.4 Å². The van der Waals surface area contributed by atoms with Crippen LogP contribution in [0, 0.1) is 24.4 Å². The average molecular weight is 1470 g/mol. The van der Waals surface area contributed by atoms with Crippen molar-refractivity contribution < 1.29 is 86.9 Å². The van der Waals surface area contributed by atoms with Crippen LogP contribution < -0.4 is 39.4 Å². The number of azide groups is 1. The van der Waals surface area contributed by atoms with Gasteiger partial charge in [-0.2, -0.15) is 13.2 Å². The fraction of sp³-hybridized carbons (Fsp3) is 0.324. The first kappa shape index (κ1) is 75.9. The molecule has 0 amide bonds. The van der Waals surface area contributed by atoms with Crippen LogP contribution in [-0.4, -0.2) is 151 Å². The zero-order valence-electron chi connectivity index (χ0n) is 55.4. The van der Waals surface area contributed by atoms with E-state index in [0.717, 1.165) is 47.6 Å². The first-order valence-electron chi connectivity index (χ1n) is 32.3. The van der Waals surface area contributed by atoms with Crippen LogP contribution >= 0.6 is 10.7 Å². The number of aryl methyl sites for hydroxylation is 1. The highest BCUT2D eigenvalue weighted by atomic mass is 35.7. The second kappa shape index (κ2) is 33.2. The smallest absolute Gasteiger partial charge is 0.416 e. The number of benzene rings is 8. The van der Waals surface area contributed by atoms with E-state index in [-0.39, 0.29) is 53.5 Å². The van der Waals surface area contributed by atoms with Crippen LogP contribution in [0.1, 0.15) is 31.9 Å². The number of rotatable bonds is 11. The number of anilines is 6. The number of nitrogens with one attached hydrogen (secondary N) is 1. The van der Waals surface area contributed by atoms with Crippen LogP contribution in [0.2, 0.25) is 0 Å². The predicted octanol–water partition coefficient (Wildman–Crippen LogP) is 13.1. The first-order chi connectivity index (χ1) is 48.7. The molecule has 0 spiro atoms. The molecule has 0 bridgehead atoms. The van der Waals surface area contributed by atoms with Crippen molar-refractivity contribution in [2.24, 2.45) is 10.8 Å². The van der Waals surface area contributed by atoms with Gasteiger partial charge in [0.25, 0.3) is 9.05 Å². The van der Waals surface area contributed by atoms with Gasteiger partial charge in [0.2, 0.25) is 10.0 Å². The van der Waals surface area contributed by atoms with E-state index in [4.69, 9.17) is 50.4 Å². The number of hydrogen-bond acceptors (Lipinski definition) is 19. The molecule has 31 heteroatoms. The fourth-order valence-corrected chi connectivity index (χ4v) is 14.1. The van der Waals surface area contributed by atoms with E-state index >= 15 is 0 Å². The minimum absolute atomic E-state index is 0.0539. The van der Waals surface area contributed by atoms with Gasteiger partial charge < -0.3 is 69.1 Å². The Bertz CT molecular complexity index is 4490. The number of halogens is 7. The van der Waals surface area contributed by atoms with Crippen molar-refractivity contribution in [1.82, 2.24) is 9.62 Å². The Morgan fingerprint density at radius 1 is 0.539 bits per heavy atom. The van der Waals surface area contributed by atoms with Crippen molar-refractivity contribution in [2.75, 3.05) is 74.0 Å². The molecule has 6 heterocycles. The van der Waals surface area contributed by atoms with Gasteiger partial charge in [-0.1, -0.05) is 80.0 Å². The lowest BCUT2D eigenvalue weighted by molar-refractivity contribution is -0.137. The third-order valence-electron chi connectivity index (χ3n) is 17.4. The van der Waals surface area contributed by atoms with Crippen molar-refractivity contribution in [2.45, 2.75) is 98.2 Å². The van der Waals surface area contributed by atoms with Gasteiger partial charge in [0.15, 0.2) is 34.5 Å². The SMILES string of the molecule is CCN(CC)CC.Cc1ccc(S(=O)(=O)Cl)cc1.N[C@@H]1COC[C@H](N2c3ccccc3Oc3ccc(F)cc32)[C@H]1O.O=S(=O)(N[C@@H]1COC[C@H](N2c3ccccc3Oc3ccc(C(F)(F)F)cc32)[C@H]1O)c1ccc(F)cc1.[N-]=[N+]=N[C@@H]1COC[C@H](N2c3ccccc3Oc3ccc(F)cc32)[C@H]1O. The van der Waals surface area contributed by atoms with Crippen LogP contribution in [0.4, 0.5) is 60.5 Å². The molecule has 14 rings (SSSR count). The summed E-state index contributed by atoms with van der Waals surface area (Å²) in [6.45, 7) is 12.7. The Morgan fingerprint density at radius 2 is 0.941 bits per heavy atom. The summed E-state index contributed by atoms with van der Waals surface area (Å²) in [6, 6.07) is 39.2. The van der Waals surface area contributed by atoms with Crippen molar-refractivity contribution >= 4 is 63.9 Å². The third-order valence-corrected chi connectivity index (χ3v) is 20.3. The second-order valence-corrected chi connectivity index (χ2v) is 28.3. The van der Waals surface area contributed by atoms with E-state index in [0.29, 0.717) is 64.7 Å². The molecular formula is C71H74ClF6N9O13S2. The maximum absolute atomic E-state index is 13.9. The summed E-state index contributed by atoms with van der Waals surface area (Å²) in [7, 11) is -2.62. The molecule has 102 heavy (non-hydrogen) atoms. The van der Waals surface area contributed by atoms with E-state index < -0.39 is 97.0 Å². The monoisotopic (exact) mass is 1470 g/mol. The molecule has 22 nitrogen and oxygen atoms in total. The Morgan fingerprint density at radius 3 is 1.39 bits per heavy atom. The Kier molecular flexibility index (Phi) is 24.7. The molecule has 3 saturated heterocycles. The molecular weight excluding hydrogens is 1400 g/mol. The van der Waals surface area contributed by atoms with Gasteiger partial charge in [-0.05, 0) is 147 Å². The molecule has 6 N–H and O–H groups in total. The fourth-order valence-electron chi connectivity index (χ4n) is 12.1. The number of aliphatic hydroxyl groups is 3. The lowest BCUT2D eigenvalue weighted by Crippen LogP contribution is -2.60. The molecule has 0 saturated carbocycles. The molecule has 6 aliphatic rings. The van der Waals surface area contributed by atoms with Gasteiger partial charge in [-0.3, -0.25) is 0 Å². The number of hydrogen-bond donors (Lipinski definition) is 5. The molecule has 0 aromatic heterocycles. The topological polar surface area (TPSA) is 284 Å². The van der Waals surface area contributed by atoms with Crippen molar-refractivity contribution in [3.63, 3.8) is 0 Å². The van der Waals surface area contributed by atoms with E-state index in [1.807, 2.05) is 54.3 Å². The summed E-state index contributed by atoms with van der Waals surface area (Å²) >= 11 is 0. The zero-order valence-corrected chi connectivity index (χ0v) is 57.8. The Hall–Kier alpha value is -8.72. The summed E-state index contributed by atoms with van der Waals surface area (Å²) in [6.07, 6.45) is -7.76. The molecule has 6 aliphatic heterocycles. The lowest BCUT2D eigenvalue weighted by atomic mass is 9.98. The summed E-state index contributed by atoms with van der Waals surface area (Å²) < 4.78 is 165. The quantitative estimate of drug-likeness (QED) is 0.0264. The second-order valence-electron chi connectivity index (χ2n) is 24.0. The van der Waals surface area contributed by atoms with E-state index in [2.05, 4.69) is 40.4 Å². The normalized spacial score (nSPS) is 21.6. The van der Waals surface area contributed by atoms with Gasteiger partial charge in [0.1, 0.15) is 17.5 Å². The summed E-state index contributed by atoms with van der Waals surface area (Å²) in [5.41, 5.74) is 17.7. The minimum Gasteiger partial charge on any atom is -0.453 e. The van der Waals surface area contributed by atoms with Crippen LogP contribution in [0.3, 0.4) is 0 Å². The number of aliphatic hydroxyl groups excluding tert-OH is 3. The van der Waals surface area contributed by atoms with Gasteiger partial charge in [0.05, 0.1) is 144 Å². The number of nitrogens with zero attached hydrogens (tertiary/aromatic N) is 7. The number of alkyl halides is 3. The van der Waals surface area contributed by atoms with Crippen LogP contribution in [-0.2, 0) is 39.5 Å². The number of nitrogens with two attached hydrogens (primary N) is 1. The molecule has 8 aromatic carbocycles. The highest BCUT2D eigenvalue weighted by Crippen LogP contribution is 2.52. The predicted molar refractivity (Wildman–Crippen MR) is 371 cm³/mol. The maximum Gasteiger partial charge on any atom is 0.416 e. The number of para-hydroxylation sites is 6. The molecule has 0 unspecified atom stereocenters. The standard InChI is InChI=1S/C24H20F4N2O5S.C17H15FN4O3.C17H17FN2O3.C7H7ClO2S.C6H15N/c25-15-6-8-16(9-7-15)36(32,33)29-17-12-34-13-20(23(17)31)30-18-3-1-2-4-21(18)35-22-10-5-14(11-19(22)30)24(26,27)28;18-10-5-6-16-13(7-10)22(12-3-1-2-4-15(12)25-16)14-9-24-8-11(17(14)23)20-21-19;18-10-5-6-16-13(7-10)20(12-3-1-2-4-15(12)23-16)14-9-22-8-11(19)17(14)21;1-6-2-4-7(5-3-6)11(8,9)10;1-4-7(5-2)6-3/h1-11,17,20,23,29,31H,12-13H2;1-7,11,14,17,23H,8-9H2;1-7,11,14,17,21H,8-9,19H2;2-5H,1H3;4-6H2,1-3H3/t17-,20+,23+;2*11-,14+,17+;;/m111../s1. The van der Waals surface area contributed by atoms with Crippen LogP contribution in [0.5, 0.6) is 34.5 Å². The zero-order chi connectivity index (χ0) is 73.2. The number of sulfonamides is 1. The number of fused-ring (bicyclic) bond motifs is 6. The van der Waals surface area contributed by atoms with Gasteiger partial charge >= 0.3 is 6.18 Å². The largest absolute Gasteiger partial charge is 0.453 e. The molecule has 0 aliphatic carbocycles. The Balaban J connectivity index is 0.000000150. The summed E-state index contributed by atoms with van der Waals surface area (Å²) in [5.74, 6) is 1.37. The highest BCUT2D eigenvalue weighted by Gasteiger charge is 2.45. The first-order valence-corrected chi connectivity index (χ1v) is 36.1.